The van der Waals surface area contributed by atoms with E-state index in [-0.39, 0.29) is 30.8 Å². The lowest BCUT2D eigenvalue weighted by Gasteiger charge is -2.13. The molecule has 0 bridgehead atoms. The molecule has 3 N–H and O–H groups in total. The lowest BCUT2D eigenvalue weighted by atomic mass is 10.2. The van der Waals surface area contributed by atoms with Crippen molar-refractivity contribution in [2.24, 2.45) is 11.7 Å². The maximum absolute atomic E-state index is 11.9. The molecule has 0 radical (unpaired) electrons. The van der Waals surface area contributed by atoms with E-state index in [0.29, 0.717) is 22.4 Å². The van der Waals surface area contributed by atoms with Crippen molar-refractivity contribution in [2.75, 3.05) is 11.9 Å². The summed E-state index contributed by atoms with van der Waals surface area (Å²) in [5.41, 5.74) is 6.24. The summed E-state index contributed by atoms with van der Waals surface area (Å²) in [7, 11) is 0. The molecular formula is C14H17Cl3N4O. The number of nitrogens with two attached hydrogens (primary N) is 1. The van der Waals surface area contributed by atoms with E-state index < -0.39 is 0 Å². The monoisotopic (exact) mass is 362 g/mol. The van der Waals surface area contributed by atoms with Crippen LogP contribution in [0.5, 0.6) is 0 Å². The van der Waals surface area contributed by atoms with Crippen LogP contribution in [0.1, 0.15) is 12.5 Å². The number of carbonyl (C=O) groups excluding carboxylic acids is 1. The van der Waals surface area contributed by atoms with E-state index in [2.05, 4.69) is 10.4 Å². The molecule has 1 amide bonds. The molecule has 8 heteroatoms. The molecule has 2 aromatic rings. The minimum absolute atomic E-state index is 0. The molecule has 1 atom stereocenters. The Labute approximate surface area is 145 Å². The maximum Gasteiger partial charge on any atom is 0.229 e. The highest BCUT2D eigenvalue weighted by molar-refractivity contribution is 6.35. The Morgan fingerprint density at radius 2 is 2.00 bits per heavy atom. The van der Waals surface area contributed by atoms with E-state index >= 15 is 0 Å². The van der Waals surface area contributed by atoms with Crippen LogP contribution in [0, 0.1) is 5.92 Å². The third-order valence-corrected chi connectivity index (χ3v) is 3.85. The van der Waals surface area contributed by atoms with Gasteiger partial charge in [-0.05, 0) is 12.1 Å². The van der Waals surface area contributed by atoms with Crippen molar-refractivity contribution in [1.29, 1.82) is 0 Å². The number of amides is 1. The van der Waals surface area contributed by atoms with Gasteiger partial charge >= 0.3 is 0 Å². The molecule has 0 fully saturated rings. The third kappa shape index (κ3) is 4.36. The Bertz CT molecular complexity index is 625. The van der Waals surface area contributed by atoms with Gasteiger partial charge in [0.1, 0.15) is 5.82 Å². The molecule has 0 saturated carbocycles. The van der Waals surface area contributed by atoms with Gasteiger partial charge in [-0.1, -0.05) is 36.2 Å². The second-order valence-electron chi connectivity index (χ2n) is 4.70. The molecule has 0 saturated heterocycles. The Hall–Kier alpha value is -1.27. The molecular weight excluding hydrogens is 347 g/mol. The largest absolute Gasteiger partial charge is 0.330 e. The predicted octanol–water partition coefficient (Wildman–Crippen LogP) is 3.19. The van der Waals surface area contributed by atoms with Crippen LogP contribution >= 0.6 is 35.6 Å². The van der Waals surface area contributed by atoms with Crippen LogP contribution in [0.2, 0.25) is 10.0 Å². The van der Waals surface area contributed by atoms with Gasteiger partial charge in [0.15, 0.2) is 0 Å². The minimum Gasteiger partial charge on any atom is -0.330 e. The fourth-order valence-corrected chi connectivity index (χ4v) is 2.27. The Morgan fingerprint density at radius 1 is 1.36 bits per heavy atom. The molecule has 2 rings (SSSR count). The highest BCUT2D eigenvalue weighted by atomic mass is 35.5. The summed E-state index contributed by atoms with van der Waals surface area (Å²) < 4.78 is 1.63. The van der Waals surface area contributed by atoms with Gasteiger partial charge in [-0.25, -0.2) is 4.68 Å². The van der Waals surface area contributed by atoms with Crippen molar-refractivity contribution in [1.82, 2.24) is 9.78 Å². The summed E-state index contributed by atoms with van der Waals surface area (Å²) in [6.45, 7) is 2.43. The molecule has 0 aliphatic carbocycles. The Morgan fingerprint density at radius 3 is 2.59 bits per heavy atom. The first-order valence-electron chi connectivity index (χ1n) is 6.48. The van der Waals surface area contributed by atoms with E-state index in [4.69, 9.17) is 28.9 Å². The second-order valence-corrected chi connectivity index (χ2v) is 5.51. The van der Waals surface area contributed by atoms with E-state index in [9.17, 15) is 4.79 Å². The SMILES string of the molecule is CC(CN)C(=O)Nc1ccnn1Cc1c(Cl)cccc1Cl.Cl. The van der Waals surface area contributed by atoms with E-state index in [1.807, 2.05) is 0 Å². The van der Waals surface area contributed by atoms with E-state index in [0.717, 1.165) is 5.56 Å². The second kappa shape index (κ2) is 8.39. The summed E-state index contributed by atoms with van der Waals surface area (Å²) in [5.74, 6) is 0.165. The van der Waals surface area contributed by atoms with Gasteiger partial charge in [0, 0.05) is 34.1 Å². The average Bonchev–Trinajstić information content (AvgIpc) is 2.89. The fourth-order valence-electron chi connectivity index (χ4n) is 1.75. The predicted molar refractivity (Wildman–Crippen MR) is 91.9 cm³/mol. The van der Waals surface area contributed by atoms with Crippen LogP contribution in [-0.4, -0.2) is 22.2 Å². The topological polar surface area (TPSA) is 72.9 Å². The molecule has 0 spiro atoms. The van der Waals surface area contributed by atoms with Crippen LogP contribution in [-0.2, 0) is 11.3 Å². The molecule has 1 aromatic heterocycles. The number of benzene rings is 1. The summed E-state index contributed by atoms with van der Waals surface area (Å²) in [6.07, 6.45) is 1.60. The van der Waals surface area contributed by atoms with Crippen molar-refractivity contribution < 1.29 is 4.79 Å². The van der Waals surface area contributed by atoms with Crippen molar-refractivity contribution in [3.63, 3.8) is 0 Å². The van der Waals surface area contributed by atoms with Crippen molar-refractivity contribution >= 4 is 47.3 Å². The molecule has 1 unspecified atom stereocenters. The lowest BCUT2D eigenvalue weighted by molar-refractivity contribution is -0.119. The summed E-state index contributed by atoms with van der Waals surface area (Å²) in [5, 5.41) is 8.10. The molecule has 1 heterocycles. The average molecular weight is 364 g/mol. The first kappa shape index (κ1) is 18.8. The van der Waals surface area contributed by atoms with Gasteiger partial charge in [-0.2, -0.15) is 5.10 Å². The quantitative estimate of drug-likeness (QED) is 0.857. The highest BCUT2D eigenvalue weighted by Gasteiger charge is 2.14. The zero-order valence-electron chi connectivity index (χ0n) is 11.9. The summed E-state index contributed by atoms with van der Waals surface area (Å²) in [6, 6.07) is 7.02. The maximum atomic E-state index is 11.9. The van der Waals surface area contributed by atoms with Crippen LogP contribution in [0.4, 0.5) is 5.82 Å². The lowest BCUT2D eigenvalue weighted by Crippen LogP contribution is -2.27. The molecule has 5 nitrogen and oxygen atoms in total. The van der Waals surface area contributed by atoms with Gasteiger partial charge in [0.2, 0.25) is 5.91 Å². The Balaban J connectivity index is 0.00000242. The van der Waals surface area contributed by atoms with Crippen molar-refractivity contribution in [3.8, 4) is 0 Å². The number of aromatic nitrogens is 2. The van der Waals surface area contributed by atoms with Gasteiger partial charge in [0.25, 0.3) is 0 Å². The number of nitrogens with one attached hydrogen (secondary N) is 1. The molecule has 0 aliphatic heterocycles. The molecule has 22 heavy (non-hydrogen) atoms. The zero-order chi connectivity index (χ0) is 15.4. The normalized spacial score (nSPS) is 11.6. The summed E-state index contributed by atoms with van der Waals surface area (Å²) >= 11 is 12.3. The van der Waals surface area contributed by atoms with Crippen LogP contribution in [0.3, 0.4) is 0 Å². The first-order chi connectivity index (χ1) is 10.0. The Kier molecular flexibility index (Phi) is 7.16. The smallest absolute Gasteiger partial charge is 0.229 e. The van der Waals surface area contributed by atoms with Crippen molar-refractivity contribution in [3.05, 3.63) is 46.1 Å². The molecule has 0 aliphatic rings. The van der Waals surface area contributed by atoms with Crippen LogP contribution in [0.15, 0.2) is 30.5 Å². The highest BCUT2D eigenvalue weighted by Crippen LogP contribution is 2.26. The van der Waals surface area contributed by atoms with Gasteiger partial charge < -0.3 is 11.1 Å². The standard InChI is InChI=1S/C14H16Cl2N4O.ClH/c1-9(7-17)14(21)19-13-5-6-18-20(13)8-10-11(15)3-2-4-12(10)16;/h2-6,9H,7-8,17H2,1H3,(H,19,21);1H. The van der Waals surface area contributed by atoms with Gasteiger partial charge in [-0.3, -0.25) is 4.79 Å². The number of rotatable bonds is 5. The number of hydrogen-bond donors (Lipinski definition) is 2. The summed E-state index contributed by atoms with van der Waals surface area (Å²) in [4.78, 5) is 11.9. The number of nitrogens with zero attached hydrogens (tertiary/aromatic N) is 2. The first-order valence-corrected chi connectivity index (χ1v) is 7.24. The zero-order valence-corrected chi connectivity index (χ0v) is 14.3. The van der Waals surface area contributed by atoms with E-state index in [1.165, 1.54) is 0 Å². The third-order valence-electron chi connectivity index (χ3n) is 3.14. The number of carbonyl (C=O) groups is 1. The fraction of sp³-hybridized carbons (Fsp3) is 0.286. The molecule has 1 aromatic carbocycles. The van der Waals surface area contributed by atoms with Crippen LogP contribution in [0.25, 0.3) is 0 Å². The van der Waals surface area contributed by atoms with Gasteiger partial charge in [0.05, 0.1) is 12.7 Å². The van der Waals surface area contributed by atoms with Gasteiger partial charge in [-0.15, -0.1) is 12.4 Å². The number of anilines is 1. The van der Waals surface area contributed by atoms with E-state index in [1.54, 1.807) is 42.1 Å². The van der Waals surface area contributed by atoms with Crippen LogP contribution < -0.4 is 11.1 Å². The molecule has 120 valence electrons. The minimum atomic E-state index is -0.266. The van der Waals surface area contributed by atoms with Crippen molar-refractivity contribution in [2.45, 2.75) is 13.5 Å². The number of halogens is 3. The number of hydrogen-bond acceptors (Lipinski definition) is 3.